The number of likely N-dealkylation sites (N-methyl/N-ethyl adjacent to an activating group) is 1. The number of hydrogen-bond acceptors (Lipinski definition) is 4. The molecule has 0 bridgehead atoms. The van der Waals surface area contributed by atoms with Gasteiger partial charge in [0.2, 0.25) is 0 Å². The van der Waals surface area contributed by atoms with E-state index in [1.54, 1.807) is 12.1 Å². The highest BCUT2D eigenvalue weighted by molar-refractivity contribution is 5.29. The van der Waals surface area contributed by atoms with Gasteiger partial charge in [-0.1, -0.05) is 6.07 Å². The second-order valence-electron chi connectivity index (χ2n) is 4.06. The fourth-order valence-corrected chi connectivity index (χ4v) is 1.62. The summed E-state index contributed by atoms with van der Waals surface area (Å²) in [5.74, 6) is -0.142. The van der Waals surface area contributed by atoms with Crippen molar-refractivity contribution in [2.75, 3.05) is 27.2 Å². The number of benzene rings is 1. The summed E-state index contributed by atoms with van der Waals surface area (Å²) in [4.78, 5) is 1.89. The van der Waals surface area contributed by atoms with Gasteiger partial charge < -0.3 is 15.6 Å². The molecule has 0 saturated carbocycles. The number of rotatable bonds is 6. The average molecular weight is 242 g/mol. The number of ether oxygens (including phenoxy) is 1. The quantitative estimate of drug-likeness (QED) is 0.766. The van der Waals surface area contributed by atoms with E-state index < -0.39 is 6.10 Å². The normalized spacial score (nSPS) is 12.8. The van der Waals surface area contributed by atoms with Gasteiger partial charge in [0.25, 0.3) is 0 Å². The molecular weight excluding hydrogens is 223 g/mol. The summed E-state index contributed by atoms with van der Waals surface area (Å²) < 4.78 is 18.3. The highest BCUT2D eigenvalue weighted by atomic mass is 19.1. The first-order valence-electron chi connectivity index (χ1n) is 5.46. The minimum atomic E-state index is -0.553. The number of nitrogens with zero attached hydrogens (tertiary/aromatic N) is 1. The third kappa shape index (κ3) is 4.30. The maximum Gasteiger partial charge on any atom is 0.165 e. The van der Waals surface area contributed by atoms with Gasteiger partial charge in [-0.05, 0) is 24.7 Å². The van der Waals surface area contributed by atoms with E-state index in [1.807, 2.05) is 11.9 Å². The summed E-state index contributed by atoms with van der Waals surface area (Å²) >= 11 is 0. The molecule has 17 heavy (non-hydrogen) atoms. The van der Waals surface area contributed by atoms with E-state index in [0.29, 0.717) is 13.1 Å². The molecule has 0 aliphatic heterocycles. The van der Waals surface area contributed by atoms with Crippen LogP contribution in [0.5, 0.6) is 5.75 Å². The first-order chi connectivity index (χ1) is 8.06. The van der Waals surface area contributed by atoms with Gasteiger partial charge in [-0.25, -0.2) is 4.39 Å². The Morgan fingerprint density at radius 1 is 1.53 bits per heavy atom. The van der Waals surface area contributed by atoms with Crippen molar-refractivity contribution in [3.63, 3.8) is 0 Å². The molecule has 0 spiro atoms. The summed E-state index contributed by atoms with van der Waals surface area (Å²) in [6.07, 6.45) is -0.553. The number of methoxy groups -OCH3 is 1. The highest BCUT2D eigenvalue weighted by Crippen LogP contribution is 2.18. The summed E-state index contributed by atoms with van der Waals surface area (Å²) in [5.41, 5.74) is 6.15. The van der Waals surface area contributed by atoms with Crippen molar-refractivity contribution in [2.45, 2.75) is 12.6 Å². The van der Waals surface area contributed by atoms with Gasteiger partial charge in [0.05, 0.1) is 13.2 Å². The molecule has 0 saturated heterocycles. The van der Waals surface area contributed by atoms with Crippen LogP contribution in [0.3, 0.4) is 0 Å². The second-order valence-corrected chi connectivity index (χ2v) is 4.06. The van der Waals surface area contributed by atoms with Crippen LogP contribution in [-0.4, -0.2) is 43.4 Å². The predicted octanol–water partition coefficient (Wildman–Crippen LogP) is 0.586. The third-order valence-corrected chi connectivity index (χ3v) is 2.46. The average Bonchev–Trinajstić information content (AvgIpc) is 2.29. The Labute approximate surface area is 101 Å². The van der Waals surface area contributed by atoms with Gasteiger partial charge in [0.1, 0.15) is 0 Å². The van der Waals surface area contributed by atoms with Crippen LogP contribution in [0.4, 0.5) is 4.39 Å². The molecule has 1 rings (SSSR count). The van der Waals surface area contributed by atoms with Crippen LogP contribution < -0.4 is 10.5 Å². The smallest absolute Gasteiger partial charge is 0.165 e. The summed E-state index contributed by atoms with van der Waals surface area (Å²) in [5, 5.41) is 9.38. The zero-order valence-corrected chi connectivity index (χ0v) is 10.2. The fourth-order valence-electron chi connectivity index (χ4n) is 1.62. The van der Waals surface area contributed by atoms with E-state index in [2.05, 4.69) is 0 Å². The first-order valence-corrected chi connectivity index (χ1v) is 5.46. The van der Waals surface area contributed by atoms with Crippen molar-refractivity contribution < 1.29 is 14.2 Å². The standard InChI is InChI=1S/C12H19FN2O2/c1-15(8-10(16)6-14)7-9-3-4-12(17-2)11(13)5-9/h3-5,10,16H,6-8,14H2,1-2H3. The molecule has 1 atom stereocenters. The summed E-state index contributed by atoms with van der Waals surface area (Å²) in [6.45, 7) is 1.24. The van der Waals surface area contributed by atoms with Gasteiger partial charge in [-0.2, -0.15) is 0 Å². The topological polar surface area (TPSA) is 58.7 Å². The molecule has 1 aromatic carbocycles. The van der Waals surface area contributed by atoms with Crippen molar-refractivity contribution in [2.24, 2.45) is 5.73 Å². The van der Waals surface area contributed by atoms with Crippen LogP contribution in [0.1, 0.15) is 5.56 Å². The Bertz CT molecular complexity index is 360. The van der Waals surface area contributed by atoms with Gasteiger partial charge in [0.15, 0.2) is 11.6 Å². The third-order valence-electron chi connectivity index (χ3n) is 2.46. The van der Waals surface area contributed by atoms with E-state index in [-0.39, 0.29) is 18.1 Å². The summed E-state index contributed by atoms with van der Waals surface area (Å²) in [6, 6.07) is 4.83. The van der Waals surface area contributed by atoms with Crippen molar-refractivity contribution >= 4 is 0 Å². The number of halogens is 1. The minimum absolute atomic E-state index is 0.224. The molecule has 0 radical (unpaired) electrons. The van der Waals surface area contributed by atoms with Crippen LogP contribution in [0.25, 0.3) is 0 Å². The Morgan fingerprint density at radius 3 is 2.76 bits per heavy atom. The number of aliphatic hydroxyl groups is 1. The zero-order valence-electron chi connectivity index (χ0n) is 10.2. The Balaban J connectivity index is 2.59. The fraction of sp³-hybridized carbons (Fsp3) is 0.500. The molecule has 3 N–H and O–H groups in total. The monoisotopic (exact) mass is 242 g/mol. The molecule has 4 nitrogen and oxygen atoms in total. The van der Waals surface area contributed by atoms with E-state index in [0.717, 1.165) is 5.56 Å². The Morgan fingerprint density at radius 2 is 2.24 bits per heavy atom. The number of hydrogen-bond donors (Lipinski definition) is 2. The molecule has 5 heteroatoms. The molecule has 1 aromatic rings. The maximum atomic E-state index is 13.4. The van der Waals surface area contributed by atoms with Crippen molar-refractivity contribution in [1.29, 1.82) is 0 Å². The second kappa shape index (κ2) is 6.54. The van der Waals surface area contributed by atoms with E-state index in [9.17, 15) is 9.50 Å². The zero-order chi connectivity index (χ0) is 12.8. The Hall–Kier alpha value is -1.17. The lowest BCUT2D eigenvalue weighted by Crippen LogP contribution is -2.33. The lowest BCUT2D eigenvalue weighted by Gasteiger charge is -2.19. The minimum Gasteiger partial charge on any atom is -0.494 e. The van der Waals surface area contributed by atoms with Gasteiger partial charge in [-0.15, -0.1) is 0 Å². The molecule has 96 valence electrons. The first kappa shape index (κ1) is 13.9. The van der Waals surface area contributed by atoms with Crippen LogP contribution in [-0.2, 0) is 6.54 Å². The largest absolute Gasteiger partial charge is 0.494 e. The summed E-state index contributed by atoms with van der Waals surface area (Å²) in [7, 11) is 3.28. The van der Waals surface area contributed by atoms with Gasteiger partial charge >= 0.3 is 0 Å². The number of nitrogens with two attached hydrogens (primary N) is 1. The Kier molecular flexibility index (Phi) is 5.34. The predicted molar refractivity (Wildman–Crippen MR) is 64.3 cm³/mol. The van der Waals surface area contributed by atoms with E-state index >= 15 is 0 Å². The lowest BCUT2D eigenvalue weighted by molar-refractivity contribution is 0.129. The van der Waals surface area contributed by atoms with E-state index in [4.69, 9.17) is 10.5 Å². The highest BCUT2D eigenvalue weighted by Gasteiger charge is 2.08. The van der Waals surface area contributed by atoms with Crippen LogP contribution in [0.2, 0.25) is 0 Å². The van der Waals surface area contributed by atoms with Gasteiger partial charge in [-0.3, -0.25) is 4.90 Å². The molecule has 0 fully saturated rings. The number of aliphatic hydroxyl groups excluding tert-OH is 1. The van der Waals surface area contributed by atoms with Crippen LogP contribution in [0.15, 0.2) is 18.2 Å². The molecular formula is C12H19FN2O2. The maximum absolute atomic E-state index is 13.4. The molecule has 1 unspecified atom stereocenters. The van der Waals surface area contributed by atoms with E-state index in [1.165, 1.54) is 13.2 Å². The molecule has 0 heterocycles. The van der Waals surface area contributed by atoms with Gasteiger partial charge in [0, 0.05) is 19.6 Å². The molecule has 0 aromatic heterocycles. The molecule has 0 amide bonds. The van der Waals surface area contributed by atoms with Crippen LogP contribution >= 0.6 is 0 Å². The van der Waals surface area contributed by atoms with Crippen molar-refractivity contribution in [3.05, 3.63) is 29.6 Å². The van der Waals surface area contributed by atoms with Crippen LogP contribution in [0, 0.1) is 5.82 Å². The van der Waals surface area contributed by atoms with Crippen molar-refractivity contribution in [3.8, 4) is 5.75 Å². The molecule has 0 aliphatic rings. The molecule has 0 aliphatic carbocycles. The van der Waals surface area contributed by atoms with Crippen molar-refractivity contribution in [1.82, 2.24) is 4.90 Å². The SMILES string of the molecule is COc1ccc(CN(C)CC(O)CN)cc1F. The lowest BCUT2D eigenvalue weighted by atomic mass is 10.2.